The molecule has 0 N–H and O–H groups in total. The zero-order valence-corrected chi connectivity index (χ0v) is 8.86. The molecule has 0 amide bonds. The van der Waals surface area contributed by atoms with Gasteiger partial charge in [-0.1, -0.05) is 0 Å². The molecule has 2 saturated carbocycles. The van der Waals surface area contributed by atoms with E-state index in [2.05, 4.69) is 0 Å². The Kier molecular flexibility index (Phi) is 2.66. The van der Waals surface area contributed by atoms with Crippen LogP contribution in [0.4, 0.5) is 4.79 Å². The molecule has 2 aliphatic rings. The van der Waals surface area contributed by atoms with E-state index in [1.54, 1.807) is 0 Å². The summed E-state index contributed by atoms with van der Waals surface area (Å²) in [4.78, 5) is 11.3. The quantitative estimate of drug-likeness (QED) is 0.651. The number of hydrogen-bond donors (Lipinski definition) is 0. The Bertz CT molecular complexity index is 197. The normalized spacial score (nSPS) is 25.3. The van der Waals surface area contributed by atoms with Gasteiger partial charge in [-0.3, -0.25) is 0 Å². The van der Waals surface area contributed by atoms with Crippen LogP contribution in [0.25, 0.3) is 0 Å². The Morgan fingerprint density at radius 1 is 1.00 bits per heavy atom. The third kappa shape index (κ3) is 2.63. The van der Waals surface area contributed by atoms with Crippen molar-refractivity contribution in [1.29, 1.82) is 0 Å². The van der Waals surface area contributed by atoms with Crippen LogP contribution in [0, 0.1) is 11.8 Å². The Morgan fingerprint density at radius 3 is 1.64 bits per heavy atom. The van der Waals surface area contributed by atoms with Gasteiger partial charge in [0.15, 0.2) is 0 Å². The van der Waals surface area contributed by atoms with Crippen molar-refractivity contribution in [2.75, 3.05) is 0 Å². The highest BCUT2D eigenvalue weighted by molar-refractivity contribution is 5.60. The predicted octanol–water partition coefficient (Wildman–Crippen LogP) is 2.74. The third-order valence-corrected chi connectivity index (χ3v) is 3.14. The van der Waals surface area contributed by atoms with E-state index in [4.69, 9.17) is 9.47 Å². The van der Waals surface area contributed by atoms with Crippen molar-refractivity contribution in [3.8, 4) is 0 Å². The molecular formula is C11H18O3. The maximum absolute atomic E-state index is 11.3. The summed E-state index contributed by atoms with van der Waals surface area (Å²) in [6.07, 6.45) is 4.34. The lowest BCUT2D eigenvalue weighted by molar-refractivity contribution is -0.00306. The maximum atomic E-state index is 11.3. The molecule has 0 aromatic rings. The van der Waals surface area contributed by atoms with Crippen LogP contribution in [0.1, 0.15) is 39.5 Å². The van der Waals surface area contributed by atoms with Crippen molar-refractivity contribution < 1.29 is 14.3 Å². The smallest absolute Gasteiger partial charge is 0.431 e. The van der Waals surface area contributed by atoms with Crippen molar-refractivity contribution in [1.82, 2.24) is 0 Å². The molecule has 0 aromatic heterocycles. The first kappa shape index (κ1) is 9.81. The molecule has 14 heavy (non-hydrogen) atoms. The van der Waals surface area contributed by atoms with Gasteiger partial charge in [0.05, 0.1) is 0 Å². The van der Waals surface area contributed by atoms with Crippen LogP contribution >= 0.6 is 0 Å². The second kappa shape index (κ2) is 3.79. The highest BCUT2D eigenvalue weighted by atomic mass is 16.7. The van der Waals surface area contributed by atoms with Crippen LogP contribution in [-0.2, 0) is 9.47 Å². The van der Waals surface area contributed by atoms with Gasteiger partial charge in [0.25, 0.3) is 0 Å². The van der Waals surface area contributed by atoms with Crippen molar-refractivity contribution in [2.24, 2.45) is 11.8 Å². The van der Waals surface area contributed by atoms with Crippen LogP contribution in [0.3, 0.4) is 0 Å². The minimum absolute atomic E-state index is 0.0360. The topological polar surface area (TPSA) is 35.5 Å². The monoisotopic (exact) mass is 198 g/mol. The largest absolute Gasteiger partial charge is 0.508 e. The molecule has 0 radical (unpaired) electrons. The molecular weight excluding hydrogens is 180 g/mol. The third-order valence-electron chi connectivity index (χ3n) is 3.14. The molecule has 2 unspecified atom stereocenters. The molecule has 80 valence electrons. The molecule has 3 heteroatoms. The second-order valence-corrected chi connectivity index (χ2v) is 4.57. The van der Waals surface area contributed by atoms with Crippen LogP contribution < -0.4 is 0 Å². The van der Waals surface area contributed by atoms with E-state index in [1.165, 1.54) is 25.7 Å². The summed E-state index contributed by atoms with van der Waals surface area (Å²) in [6, 6.07) is 0. The van der Waals surface area contributed by atoms with Crippen molar-refractivity contribution >= 4 is 6.16 Å². The van der Waals surface area contributed by atoms with E-state index in [0.717, 1.165) is 0 Å². The van der Waals surface area contributed by atoms with Crippen molar-refractivity contribution in [3.05, 3.63) is 0 Å². The van der Waals surface area contributed by atoms with Crippen LogP contribution in [0.5, 0.6) is 0 Å². The van der Waals surface area contributed by atoms with Crippen LogP contribution in [-0.4, -0.2) is 18.4 Å². The van der Waals surface area contributed by atoms with Gasteiger partial charge in [-0.15, -0.1) is 0 Å². The molecule has 0 heterocycles. The summed E-state index contributed by atoms with van der Waals surface area (Å²) in [6.45, 7) is 3.89. The number of carbonyl (C=O) groups is 1. The number of rotatable bonds is 4. The van der Waals surface area contributed by atoms with Gasteiger partial charge >= 0.3 is 6.16 Å². The van der Waals surface area contributed by atoms with E-state index >= 15 is 0 Å². The van der Waals surface area contributed by atoms with E-state index in [0.29, 0.717) is 11.8 Å². The molecule has 2 aliphatic carbocycles. The summed E-state index contributed by atoms with van der Waals surface area (Å²) in [5, 5.41) is 0. The zero-order valence-electron chi connectivity index (χ0n) is 8.86. The Balaban J connectivity index is 1.66. The lowest BCUT2D eigenvalue weighted by Gasteiger charge is -2.15. The first-order valence-electron chi connectivity index (χ1n) is 5.54. The fourth-order valence-corrected chi connectivity index (χ4v) is 1.66. The second-order valence-electron chi connectivity index (χ2n) is 4.57. The fourth-order valence-electron chi connectivity index (χ4n) is 1.66. The molecule has 3 nitrogen and oxygen atoms in total. The molecule has 2 atom stereocenters. The minimum atomic E-state index is -0.483. The molecule has 2 rings (SSSR count). The summed E-state index contributed by atoms with van der Waals surface area (Å²) < 4.78 is 10.3. The predicted molar refractivity (Wildman–Crippen MR) is 51.9 cm³/mol. The first-order chi connectivity index (χ1) is 6.66. The minimum Gasteiger partial charge on any atom is -0.431 e. The standard InChI is InChI=1S/C11H18O3/c1-7(9-3-4-9)13-11(12)14-8(2)10-5-6-10/h7-10H,3-6H2,1-2H3. The number of ether oxygens (including phenoxy) is 2. The van der Waals surface area contributed by atoms with Gasteiger partial charge in [0, 0.05) is 0 Å². The van der Waals surface area contributed by atoms with Gasteiger partial charge in [0.2, 0.25) is 0 Å². The molecule has 0 saturated heterocycles. The summed E-state index contributed by atoms with van der Waals surface area (Å²) in [7, 11) is 0. The summed E-state index contributed by atoms with van der Waals surface area (Å²) in [5.74, 6) is 1.16. The molecule has 0 aromatic carbocycles. The average molecular weight is 198 g/mol. The maximum Gasteiger partial charge on any atom is 0.508 e. The van der Waals surface area contributed by atoms with E-state index in [1.807, 2.05) is 13.8 Å². The Morgan fingerprint density at radius 2 is 1.36 bits per heavy atom. The zero-order chi connectivity index (χ0) is 10.1. The van der Waals surface area contributed by atoms with Gasteiger partial charge in [-0.2, -0.15) is 0 Å². The van der Waals surface area contributed by atoms with Crippen molar-refractivity contribution in [2.45, 2.75) is 51.7 Å². The molecule has 0 aliphatic heterocycles. The van der Waals surface area contributed by atoms with E-state index < -0.39 is 6.16 Å². The SMILES string of the molecule is CC(OC(=O)OC(C)C1CC1)C1CC1. The van der Waals surface area contributed by atoms with E-state index in [-0.39, 0.29) is 12.2 Å². The Labute approximate surface area is 84.8 Å². The number of hydrogen-bond acceptors (Lipinski definition) is 3. The first-order valence-corrected chi connectivity index (χ1v) is 5.54. The van der Waals surface area contributed by atoms with Gasteiger partial charge in [0.1, 0.15) is 12.2 Å². The summed E-state index contributed by atoms with van der Waals surface area (Å²) in [5.41, 5.74) is 0. The molecule has 0 spiro atoms. The highest BCUT2D eigenvalue weighted by Gasteiger charge is 2.34. The van der Waals surface area contributed by atoms with Gasteiger partial charge in [-0.05, 0) is 51.4 Å². The van der Waals surface area contributed by atoms with E-state index in [9.17, 15) is 4.79 Å². The molecule has 2 fully saturated rings. The average Bonchev–Trinajstić information content (AvgIpc) is 2.98. The number of carbonyl (C=O) groups excluding carboxylic acids is 1. The fraction of sp³-hybridized carbons (Fsp3) is 0.909. The van der Waals surface area contributed by atoms with Gasteiger partial charge in [-0.25, -0.2) is 4.79 Å². The van der Waals surface area contributed by atoms with Gasteiger partial charge < -0.3 is 9.47 Å². The van der Waals surface area contributed by atoms with Crippen LogP contribution in [0.15, 0.2) is 0 Å². The van der Waals surface area contributed by atoms with Crippen molar-refractivity contribution in [3.63, 3.8) is 0 Å². The highest BCUT2D eigenvalue weighted by Crippen LogP contribution is 2.36. The lowest BCUT2D eigenvalue weighted by Crippen LogP contribution is -2.22. The lowest BCUT2D eigenvalue weighted by atomic mass is 10.3. The summed E-state index contributed by atoms with van der Waals surface area (Å²) >= 11 is 0. The molecule has 0 bridgehead atoms. The Hall–Kier alpha value is -0.730. The van der Waals surface area contributed by atoms with Crippen LogP contribution in [0.2, 0.25) is 0 Å².